The maximum atomic E-state index is 13.5. The summed E-state index contributed by atoms with van der Waals surface area (Å²) >= 11 is 0. The van der Waals surface area contributed by atoms with Crippen LogP contribution in [0.1, 0.15) is 27.5 Å². The maximum absolute atomic E-state index is 13.5. The number of halogens is 2. The van der Waals surface area contributed by atoms with Crippen molar-refractivity contribution in [2.24, 2.45) is 0 Å². The van der Waals surface area contributed by atoms with Crippen molar-refractivity contribution < 1.29 is 13.6 Å². The van der Waals surface area contributed by atoms with E-state index in [0.717, 1.165) is 22.0 Å². The lowest BCUT2D eigenvalue weighted by molar-refractivity contribution is 0.0599. The number of carbonyl (C=O) groups is 1. The van der Waals surface area contributed by atoms with E-state index in [1.165, 1.54) is 24.3 Å². The third kappa shape index (κ3) is 3.87. The van der Waals surface area contributed by atoms with Crippen LogP contribution in [-0.4, -0.2) is 52.1 Å². The summed E-state index contributed by atoms with van der Waals surface area (Å²) in [5, 5.41) is 7.87. The molecule has 1 N–H and O–H groups in total. The predicted octanol–water partition coefficient (Wildman–Crippen LogP) is 4.39. The zero-order chi connectivity index (χ0) is 22.1. The Labute approximate surface area is 184 Å². The standard InChI is InChI=1S/C25H22F2N4O/c26-20-8-4-17(5-9-20)24(18-6-10-21(27)11-7-18)30-12-14-31(15-13-30)25(32)22-3-1-2-19-16-28-29-23(19)22/h1-11,16,24H,12-15H2,(H,28,29). The van der Waals surface area contributed by atoms with Gasteiger partial charge in [-0.3, -0.25) is 14.8 Å². The average molecular weight is 432 g/mol. The summed E-state index contributed by atoms with van der Waals surface area (Å²) in [4.78, 5) is 17.3. The number of rotatable bonds is 4. The molecule has 7 heteroatoms. The Morgan fingerprint density at radius 1 is 0.844 bits per heavy atom. The molecule has 32 heavy (non-hydrogen) atoms. The van der Waals surface area contributed by atoms with Gasteiger partial charge in [-0.15, -0.1) is 0 Å². The summed E-state index contributed by atoms with van der Waals surface area (Å²) in [7, 11) is 0. The van der Waals surface area contributed by atoms with Crippen LogP contribution in [0.5, 0.6) is 0 Å². The average Bonchev–Trinajstić information content (AvgIpc) is 3.31. The molecule has 5 nitrogen and oxygen atoms in total. The largest absolute Gasteiger partial charge is 0.336 e. The first-order chi connectivity index (χ1) is 15.6. The second-order valence-corrected chi connectivity index (χ2v) is 7.97. The van der Waals surface area contributed by atoms with Crippen molar-refractivity contribution in [3.05, 3.63) is 101 Å². The van der Waals surface area contributed by atoms with E-state index >= 15 is 0 Å². The minimum Gasteiger partial charge on any atom is -0.336 e. The van der Waals surface area contributed by atoms with Crippen molar-refractivity contribution in [2.75, 3.05) is 26.2 Å². The lowest BCUT2D eigenvalue weighted by Gasteiger charge is -2.39. The number of amides is 1. The molecule has 3 aromatic carbocycles. The zero-order valence-electron chi connectivity index (χ0n) is 17.3. The molecule has 1 aliphatic heterocycles. The number of nitrogens with one attached hydrogen (secondary N) is 1. The smallest absolute Gasteiger partial charge is 0.256 e. The molecule has 0 saturated carbocycles. The SMILES string of the molecule is O=C(c1cccc2cn[nH]c12)N1CCN(C(c2ccc(F)cc2)c2ccc(F)cc2)CC1. The fraction of sp³-hybridized carbons (Fsp3) is 0.200. The molecule has 1 fully saturated rings. The van der Waals surface area contributed by atoms with E-state index in [1.807, 2.05) is 23.1 Å². The fourth-order valence-electron chi connectivity index (χ4n) is 4.40. The van der Waals surface area contributed by atoms with E-state index in [9.17, 15) is 13.6 Å². The molecule has 1 aliphatic rings. The Morgan fingerprint density at radius 3 is 2.03 bits per heavy atom. The molecule has 5 rings (SSSR count). The van der Waals surface area contributed by atoms with Crippen LogP contribution in [0, 0.1) is 11.6 Å². The summed E-state index contributed by atoms with van der Waals surface area (Å²) in [5.74, 6) is -0.621. The first kappa shape index (κ1) is 20.3. The van der Waals surface area contributed by atoms with Crippen molar-refractivity contribution in [1.29, 1.82) is 0 Å². The van der Waals surface area contributed by atoms with Crippen LogP contribution in [0.2, 0.25) is 0 Å². The van der Waals surface area contributed by atoms with Gasteiger partial charge in [0.1, 0.15) is 11.6 Å². The van der Waals surface area contributed by atoms with Gasteiger partial charge in [-0.2, -0.15) is 5.10 Å². The lowest BCUT2D eigenvalue weighted by atomic mass is 9.96. The normalized spacial score (nSPS) is 14.9. The molecule has 0 spiro atoms. The number of carbonyl (C=O) groups excluding carboxylic acids is 1. The molecular formula is C25H22F2N4O. The van der Waals surface area contributed by atoms with Gasteiger partial charge in [0.05, 0.1) is 23.3 Å². The Bertz CT molecular complexity index is 1180. The van der Waals surface area contributed by atoms with Crippen molar-refractivity contribution in [3.63, 3.8) is 0 Å². The van der Waals surface area contributed by atoms with Gasteiger partial charge in [-0.1, -0.05) is 36.4 Å². The summed E-state index contributed by atoms with van der Waals surface area (Å²) in [6.07, 6.45) is 1.71. The topological polar surface area (TPSA) is 52.2 Å². The third-order valence-electron chi connectivity index (χ3n) is 6.05. The number of hydrogen-bond donors (Lipinski definition) is 1. The van der Waals surface area contributed by atoms with Crippen LogP contribution in [-0.2, 0) is 0 Å². The minimum atomic E-state index is -0.296. The summed E-state index contributed by atoms with van der Waals surface area (Å²) in [6, 6.07) is 18.3. The van der Waals surface area contributed by atoms with Gasteiger partial charge in [0.25, 0.3) is 5.91 Å². The van der Waals surface area contributed by atoms with E-state index in [-0.39, 0.29) is 23.6 Å². The lowest BCUT2D eigenvalue weighted by Crippen LogP contribution is -2.49. The van der Waals surface area contributed by atoms with Crippen LogP contribution in [0.3, 0.4) is 0 Å². The van der Waals surface area contributed by atoms with Crippen LogP contribution in [0.4, 0.5) is 8.78 Å². The molecule has 1 aromatic heterocycles. The van der Waals surface area contributed by atoms with Gasteiger partial charge >= 0.3 is 0 Å². The van der Waals surface area contributed by atoms with Crippen molar-refractivity contribution in [2.45, 2.75) is 6.04 Å². The highest BCUT2D eigenvalue weighted by atomic mass is 19.1. The number of fused-ring (bicyclic) bond motifs is 1. The Balaban J connectivity index is 1.37. The Morgan fingerprint density at radius 2 is 1.44 bits per heavy atom. The quantitative estimate of drug-likeness (QED) is 0.521. The van der Waals surface area contributed by atoms with Crippen LogP contribution < -0.4 is 0 Å². The van der Waals surface area contributed by atoms with Gasteiger partial charge in [0.15, 0.2) is 0 Å². The number of aromatic nitrogens is 2. The molecular weight excluding hydrogens is 410 g/mol. The van der Waals surface area contributed by atoms with Gasteiger partial charge in [0, 0.05) is 31.6 Å². The molecule has 1 saturated heterocycles. The maximum Gasteiger partial charge on any atom is 0.256 e. The van der Waals surface area contributed by atoms with Crippen molar-refractivity contribution in [1.82, 2.24) is 20.0 Å². The molecule has 162 valence electrons. The first-order valence-electron chi connectivity index (χ1n) is 10.6. The highest BCUT2D eigenvalue weighted by Gasteiger charge is 2.29. The van der Waals surface area contributed by atoms with Gasteiger partial charge in [0.2, 0.25) is 0 Å². The number of H-pyrrole nitrogens is 1. The molecule has 4 aromatic rings. The number of piperazine rings is 1. The number of hydrogen-bond acceptors (Lipinski definition) is 3. The van der Waals surface area contributed by atoms with E-state index in [2.05, 4.69) is 15.1 Å². The van der Waals surface area contributed by atoms with Crippen molar-refractivity contribution >= 4 is 16.8 Å². The summed E-state index contributed by atoms with van der Waals surface area (Å²) < 4.78 is 27.0. The number of nitrogens with zero attached hydrogens (tertiary/aromatic N) is 3. The van der Waals surface area contributed by atoms with Gasteiger partial charge < -0.3 is 4.90 Å². The molecule has 2 heterocycles. The van der Waals surface area contributed by atoms with Gasteiger partial charge in [-0.25, -0.2) is 8.78 Å². The monoisotopic (exact) mass is 432 g/mol. The van der Waals surface area contributed by atoms with Crippen LogP contribution >= 0.6 is 0 Å². The summed E-state index contributed by atoms with van der Waals surface area (Å²) in [6.45, 7) is 2.40. The van der Waals surface area contributed by atoms with E-state index in [0.29, 0.717) is 31.7 Å². The first-order valence-corrected chi connectivity index (χ1v) is 10.6. The second-order valence-electron chi connectivity index (χ2n) is 7.97. The van der Waals surface area contributed by atoms with E-state index in [4.69, 9.17) is 0 Å². The minimum absolute atomic E-state index is 0.0281. The van der Waals surface area contributed by atoms with Crippen molar-refractivity contribution in [3.8, 4) is 0 Å². The highest BCUT2D eigenvalue weighted by Crippen LogP contribution is 2.30. The molecule has 0 unspecified atom stereocenters. The number of benzene rings is 3. The third-order valence-corrected chi connectivity index (χ3v) is 6.05. The zero-order valence-corrected chi connectivity index (χ0v) is 17.3. The van der Waals surface area contributed by atoms with Crippen LogP contribution in [0.25, 0.3) is 10.9 Å². The molecule has 0 radical (unpaired) electrons. The fourth-order valence-corrected chi connectivity index (χ4v) is 4.40. The molecule has 0 aliphatic carbocycles. The second kappa shape index (κ2) is 8.51. The van der Waals surface area contributed by atoms with Crippen LogP contribution in [0.15, 0.2) is 72.9 Å². The Hall–Kier alpha value is -3.58. The van der Waals surface area contributed by atoms with E-state index < -0.39 is 0 Å². The molecule has 0 atom stereocenters. The Kier molecular flexibility index (Phi) is 5.41. The van der Waals surface area contributed by atoms with E-state index in [1.54, 1.807) is 30.5 Å². The summed E-state index contributed by atoms with van der Waals surface area (Å²) in [5.41, 5.74) is 3.22. The number of aromatic amines is 1. The molecule has 1 amide bonds. The number of para-hydroxylation sites is 1. The predicted molar refractivity (Wildman–Crippen MR) is 118 cm³/mol. The van der Waals surface area contributed by atoms with Gasteiger partial charge in [-0.05, 0) is 41.5 Å². The molecule has 0 bridgehead atoms. The highest BCUT2D eigenvalue weighted by molar-refractivity contribution is 6.05.